The average Bonchev–Trinajstić information content (AvgIpc) is 3.24. The molecule has 0 radical (unpaired) electrons. The second-order valence-electron chi connectivity index (χ2n) is 7.60. The summed E-state index contributed by atoms with van der Waals surface area (Å²) in [5.41, 5.74) is 5.24. The highest BCUT2D eigenvalue weighted by Gasteiger charge is 2.19. The molecule has 0 aliphatic carbocycles. The van der Waals surface area contributed by atoms with Crippen LogP contribution in [-0.2, 0) is 5.75 Å². The summed E-state index contributed by atoms with van der Waals surface area (Å²) in [5.74, 6) is 1.11. The number of fused-ring (bicyclic) bond motifs is 3. The average molecular weight is 438 g/mol. The van der Waals surface area contributed by atoms with Crippen LogP contribution in [0, 0.1) is 25.2 Å². The third-order valence-electron chi connectivity index (χ3n) is 5.64. The van der Waals surface area contributed by atoms with Gasteiger partial charge in [-0.05, 0) is 60.9 Å². The standard InChI is InChI=1S/C25H19N5OS/c1-16-7-5-12-21(17(16)2)29-23(31)20-10-3-4-11-22(20)30-24(29)27-28-25(30)32-15-19-9-6-8-18(13-19)14-26/h3-13H,15H2,1-2H3. The molecule has 7 heteroatoms. The molecule has 156 valence electrons. The zero-order chi connectivity index (χ0) is 22.2. The Morgan fingerprint density at radius 3 is 2.66 bits per heavy atom. The Morgan fingerprint density at radius 1 is 1.00 bits per heavy atom. The van der Waals surface area contributed by atoms with Crippen LogP contribution in [0.1, 0.15) is 22.3 Å². The van der Waals surface area contributed by atoms with Gasteiger partial charge in [0.15, 0.2) is 5.16 Å². The summed E-state index contributed by atoms with van der Waals surface area (Å²) < 4.78 is 3.59. The summed E-state index contributed by atoms with van der Waals surface area (Å²) in [6.45, 7) is 4.04. The number of nitriles is 1. The van der Waals surface area contributed by atoms with E-state index >= 15 is 0 Å². The highest BCUT2D eigenvalue weighted by molar-refractivity contribution is 7.98. The van der Waals surface area contributed by atoms with E-state index in [1.54, 1.807) is 10.6 Å². The molecule has 3 aromatic carbocycles. The fourth-order valence-electron chi connectivity index (χ4n) is 3.85. The Hall–Kier alpha value is -3.89. The van der Waals surface area contributed by atoms with Gasteiger partial charge in [0.1, 0.15) is 0 Å². The van der Waals surface area contributed by atoms with Gasteiger partial charge in [0, 0.05) is 5.75 Å². The highest BCUT2D eigenvalue weighted by Crippen LogP contribution is 2.27. The Morgan fingerprint density at radius 2 is 1.81 bits per heavy atom. The maximum absolute atomic E-state index is 13.5. The monoisotopic (exact) mass is 437 g/mol. The molecule has 0 spiro atoms. The molecule has 0 saturated carbocycles. The SMILES string of the molecule is Cc1cccc(-n2c(=O)c3ccccc3n3c(SCc4cccc(C#N)c4)nnc23)c1C. The topological polar surface area (TPSA) is 76.0 Å². The van der Waals surface area contributed by atoms with Gasteiger partial charge in [0.2, 0.25) is 5.78 Å². The minimum absolute atomic E-state index is 0.118. The molecule has 0 amide bonds. The van der Waals surface area contributed by atoms with Gasteiger partial charge in [-0.25, -0.2) is 4.57 Å². The number of thioether (sulfide) groups is 1. The molecule has 0 N–H and O–H groups in total. The number of aromatic nitrogens is 4. The van der Waals surface area contributed by atoms with Crippen molar-refractivity contribution in [3.63, 3.8) is 0 Å². The van der Waals surface area contributed by atoms with Crippen molar-refractivity contribution in [2.75, 3.05) is 0 Å². The Labute approximate surface area is 188 Å². The molecule has 0 bridgehead atoms. The van der Waals surface area contributed by atoms with E-state index in [-0.39, 0.29) is 5.56 Å². The lowest BCUT2D eigenvalue weighted by Crippen LogP contribution is -2.22. The lowest BCUT2D eigenvalue weighted by molar-refractivity contribution is 0.927. The normalized spacial score (nSPS) is 11.2. The van der Waals surface area contributed by atoms with Crippen LogP contribution in [0.25, 0.3) is 22.4 Å². The van der Waals surface area contributed by atoms with Crippen molar-refractivity contribution >= 4 is 28.4 Å². The predicted octanol–water partition coefficient (Wildman–Crippen LogP) is 4.81. The molecule has 0 atom stereocenters. The summed E-state index contributed by atoms with van der Waals surface area (Å²) in [7, 11) is 0. The van der Waals surface area contributed by atoms with E-state index in [4.69, 9.17) is 5.26 Å². The first-order valence-electron chi connectivity index (χ1n) is 10.2. The minimum atomic E-state index is -0.118. The van der Waals surface area contributed by atoms with Gasteiger partial charge in [0.25, 0.3) is 5.56 Å². The number of para-hydroxylation sites is 1. The van der Waals surface area contributed by atoms with Crippen LogP contribution in [-0.4, -0.2) is 19.2 Å². The molecule has 5 rings (SSSR count). The second kappa shape index (κ2) is 7.98. The first kappa shape index (κ1) is 20.0. The van der Waals surface area contributed by atoms with Crippen LogP contribution in [0.4, 0.5) is 0 Å². The third kappa shape index (κ3) is 3.26. The summed E-state index contributed by atoms with van der Waals surface area (Å²) in [6, 6.07) is 23.2. The van der Waals surface area contributed by atoms with Crippen molar-refractivity contribution in [2.45, 2.75) is 24.8 Å². The van der Waals surface area contributed by atoms with Gasteiger partial charge in [-0.3, -0.25) is 9.20 Å². The number of aryl methyl sites for hydroxylation is 1. The van der Waals surface area contributed by atoms with E-state index in [1.165, 1.54) is 11.8 Å². The molecule has 2 aromatic heterocycles. The van der Waals surface area contributed by atoms with E-state index < -0.39 is 0 Å². The molecule has 32 heavy (non-hydrogen) atoms. The number of hydrogen-bond acceptors (Lipinski definition) is 5. The van der Waals surface area contributed by atoms with Crippen LogP contribution in [0.2, 0.25) is 0 Å². The van der Waals surface area contributed by atoms with Gasteiger partial charge in [-0.1, -0.05) is 48.2 Å². The Balaban J connectivity index is 1.72. The van der Waals surface area contributed by atoms with Crippen LogP contribution in [0.3, 0.4) is 0 Å². The van der Waals surface area contributed by atoms with Crippen molar-refractivity contribution in [2.24, 2.45) is 0 Å². The zero-order valence-corrected chi connectivity index (χ0v) is 18.4. The molecule has 0 unspecified atom stereocenters. The number of benzene rings is 3. The van der Waals surface area contributed by atoms with E-state index in [0.717, 1.165) is 27.9 Å². The zero-order valence-electron chi connectivity index (χ0n) is 17.6. The number of hydrogen-bond donors (Lipinski definition) is 0. The number of nitrogens with zero attached hydrogens (tertiary/aromatic N) is 5. The molecular formula is C25H19N5OS. The first-order valence-corrected chi connectivity index (χ1v) is 11.1. The van der Waals surface area contributed by atoms with E-state index in [1.807, 2.05) is 78.9 Å². The highest BCUT2D eigenvalue weighted by atomic mass is 32.2. The summed E-state index contributed by atoms with van der Waals surface area (Å²) in [4.78, 5) is 13.5. The van der Waals surface area contributed by atoms with Crippen molar-refractivity contribution in [1.29, 1.82) is 5.26 Å². The first-order chi connectivity index (χ1) is 15.6. The molecule has 0 aliphatic heterocycles. The maximum Gasteiger partial charge on any atom is 0.267 e. The van der Waals surface area contributed by atoms with Crippen molar-refractivity contribution in [3.05, 3.63) is 99.3 Å². The van der Waals surface area contributed by atoms with Crippen LogP contribution in [0.5, 0.6) is 0 Å². The van der Waals surface area contributed by atoms with Crippen molar-refractivity contribution in [3.8, 4) is 11.8 Å². The third-order valence-corrected chi connectivity index (χ3v) is 6.64. The van der Waals surface area contributed by atoms with Crippen molar-refractivity contribution in [1.82, 2.24) is 19.2 Å². The fraction of sp³-hybridized carbons (Fsp3) is 0.120. The number of rotatable bonds is 4. The van der Waals surface area contributed by atoms with Crippen LogP contribution in [0.15, 0.2) is 76.7 Å². The molecule has 0 saturated heterocycles. The van der Waals surface area contributed by atoms with E-state index in [9.17, 15) is 4.79 Å². The Kier molecular flexibility index (Phi) is 5.00. The lowest BCUT2D eigenvalue weighted by atomic mass is 10.1. The maximum atomic E-state index is 13.5. The summed E-state index contributed by atoms with van der Waals surface area (Å²) in [6.07, 6.45) is 0. The van der Waals surface area contributed by atoms with E-state index in [0.29, 0.717) is 27.6 Å². The molecule has 0 fully saturated rings. The van der Waals surface area contributed by atoms with Crippen LogP contribution >= 0.6 is 11.8 Å². The molecule has 2 heterocycles. The fourth-order valence-corrected chi connectivity index (χ4v) is 4.73. The van der Waals surface area contributed by atoms with Crippen LogP contribution < -0.4 is 5.56 Å². The predicted molar refractivity (Wildman–Crippen MR) is 126 cm³/mol. The van der Waals surface area contributed by atoms with Crippen molar-refractivity contribution < 1.29 is 0 Å². The smallest absolute Gasteiger partial charge is 0.267 e. The molecular weight excluding hydrogens is 418 g/mol. The Bertz CT molecular complexity index is 1590. The lowest BCUT2D eigenvalue weighted by Gasteiger charge is -2.14. The molecule has 5 aromatic rings. The quantitative estimate of drug-likeness (QED) is 0.377. The second-order valence-corrected chi connectivity index (χ2v) is 8.54. The van der Waals surface area contributed by atoms with Gasteiger partial charge < -0.3 is 0 Å². The molecule has 6 nitrogen and oxygen atoms in total. The molecule has 0 aliphatic rings. The summed E-state index contributed by atoms with van der Waals surface area (Å²) >= 11 is 1.53. The van der Waals surface area contributed by atoms with Gasteiger partial charge in [0.05, 0.1) is 28.2 Å². The minimum Gasteiger partial charge on any atom is -0.268 e. The van der Waals surface area contributed by atoms with Gasteiger partial charge in [-0.2, -0.15) is 5.26 Å². The van der Waals surface area contributed by atoms with E-state index in [2.05, 4.69) is 16.3 Å². The van der Waals surface area contributed by atoms with Gasteiger partial charge >= 0.3 is 0 Å². The largest absolute Gasteiger partial charge is 0.268 e. The van der Waals surface area contributed by atoms with Gasteiger partial charge in [-0.15, -0.1) is 10.2 Å². The summed E-state index contributed by atoms with van der Waals surface area (Å²) in [5, 5.41) is 19.3.